The maximum atomic E-state index is 3.61. The van der Waals surface area contributed by atoms with Crippen molar-refractivity contribution in [1.29, 1.82) is 0 Å². The largest absolute Gasteiger partial charge is 0.370 e. The Bertz CT molecular complexity index is 406. The zero-order chi connectivity index (χ0) is 12.5. The van der Waals surface area contributed by atoms with Crippen molar-refractivity contribution in [1.82, 2.24) is 5.32 Å². The van der Waals surface area contributed by atoms with Crippen molar-refractivity contribution >= 4 is 44.2 Å². The van der Waals surface area contributed by atoms with E-state index < -0.39 is 0 Å². The van der Waals surface area contributed by atoms with Crippen LogP contribution in [0.5, 0.6) is 0 Å². The van der Waals surface area contributed by atoms with E-state index in [1.54, 1.807) is 0 Å². The molecule has 0 aromatic heterocycles. The number of anilines is 1. The van der Waals surface area contributed by atoms with Crippen LogP contribution in [0.25, 0.3) is 0 Å². The Morgan fingerprint density at radius 2 is 2.18 bits per heavy atom. The lowest BCUT2D eigenvalue weighted by Gasteiger charge is -2.31. The minimum Gasteiger partial charge on any atom is -0.370 e. The molecule has 1 aliphatic rings. The van der Waals surface area contributed by atoms with Gasteiger partial charge in [0, 0.05) is 32.4 Å². The molecule has 1 N–H and O–H groups in total. The zero-order valence-electron chi connectivity index (χ0n) is 10.3. The molecule has 1 aromatic carbocycles. The lowest BCUT2D eigenvalue weighted by atomic mass is 10.1. The van der Waals surface area contributed by atoms with Crippen LogP contribution < -0.4 is 10.2 Å². The fourth-order valence-electron chi connectivity index (χ4n) is 2.21. The number of halogens is 2. The summed E-state index contributed by atoms with van der Waals surface area (Å²) < 4.78 is 2.45. The van der Waals surface area contributed by atoms with E-state index in [1.165, 1.54) is 20.2 Å². The van der Waals surface area contributed by atoms with Crippen LogP contribution in [0, 0.1) is 3.57 Å². The molecule has 2 nitrogen and oxygen atoms in total. The van der Waals surface area contributed by atoms with Crippen molar-refractivity contribution in [3.8, 4) is 0 Å². The van der Waals surface area contributed by atoms with Crippen molar-refractivity contribution in [2.75, 3.05) is 24.5 Å². The highest BCUT2D eigenvalue weighted by Gasteiger charge is 2.24. The molecular weight excluding hydrogens is 391 g/mol. The second-order valence-electron chi connectivity index (χ2n) is 5.18. The average Bonchev–Trinajstić information content (AvgIpc) is 2.43. The molecule has 1 aliphatic heterocycles. The van der Waals surface area contributed by atoms with Gasteiger partial charge in [-0.25, -0.2) is 0 Å². The summed E-state index contributed by atoms with van der Waals surface area (Å²) in [4.78, 5) is 2.47. The third-order valence-corrected chi connectivity index (χ3v) is 5.40. The summed E-state index contributed by atoms with van der Waals surface area (Å²) in [7, 11) is 0. The monoisotopic (exact) mass is 408 g/mol. The molecule has 1 heterocycles. The third-order valence-electron chi connectivity index (χ3n) is 3.06. The van der Waals surface area contributed by atoms with Crippen molar-refractivity contribution in [3.05, 3.63) is 26.2 Å². The molecule has 0 bridgehead atoms. The number of benzene rings is 1. The summed E-state index contributed by atoms with van der Waals surface area (Å²) in [6, 6.07) is 6.61. The van der Waals surface area contributed by atoms with E-state index >= 15 is 0 Å². The van der Waals surface area contributed by atoms with Crippen molar-refractivity contribution in [2.24, 2.45) is 0 Å². The standard InChI is InChI=1S/C13H18BrIN2/c1-13(2)9-17(7-3-6-16-13)10-4-5-12(15)11(14)8-10/h4-5,8,16H,3,6-7,9H2,1-2H3. The first-order chi connectivity index (χ1) is 7.98. The van der Waals surface area contributed by atoms with Crippen molar-refractivity contribution in [2.45, 2.75) is 25.8 Å². The van der Waals surface area contributed by atoms with E-state index in [4.69, 9.17) is 0 Å². The van der Waals surface area contributed by atoms with Gasteiger partial charge in [-0.15, -0.1) is 0 Å². The summed E-state index contributed by atoms with van der Waals surface area (Å²) in [6.07, 6.45) is 1.20. The maximum Gasteiger partial charge on any atom is 0.0378 e. The minimum absolute atomic E-state index is 0.186. The minimum atomic E-state index is 0.186. The SMILES string of the molecule is CC1(C)CN(c2ccc(I)c(Br)c2)CCCN1. The van der Waals surface area contributed by atoms with E-state index in [-0.39, 0.29) is 5.54 Å². The smallest absolute Gasteiger partial charge is 0.0378 e. The van der Waals surface area contributed by atoms with E-state index in [9.17, 15) is 0 Å². The van der Waals surface area contributed by atoms with E-state index in [0.29, 0.717) is 0 Å². The summed E-state index contributed by atoms with van der Waals surface area (Å²) >= 11 is 5.96. The van der Waals surface area contributed by atoms with Crippen LogP contribution >= 0.6 is 38.5 Å². The molecule has 0 atom stereocenters. The van der Waals surface area contributed by atoms with Gasteiger partial charge in [0.25, 0.3) is 0 Å². The molecule has 0 radical (unpaired) electrons. The van der Waals surface area contributed by atoms with E-state index in [2.05, 4.69) is 80.8 Å². The molecule has 0 spiro atoms. The molecule has 0 unspecified atom stereocenters. The maximum absolute atomic E-state index is 3.61. The van der Waals surface area contributed by atoms with Crippen molar-refractivity contribution < 1.29 is 0 Å². The quantitative estimate of drug-likeness (QED) is 0.713. The molecule has 1 fully saturated rings. The topological polar surface area (TPSA) is 15.3 Å². The summed E-state index contributed by atoms with van der Waals surface area (Å²) in [6.45, 7) is 7.83. The predicted molar refractivity (Wildman–Crippen MR) is 85.8 cm³/mol. The van der Waals surface area contributed by atoms with E-state index in [1.807, 2.05) is 0 Å². The number of nitrogens with zero attached hydrogens (tertiary/aromatic N) is 1. The number of hydrogen-bond acceptors (Lipinski definition) is 2. The van der Waals surface area contributed by atoms with Gasteiger partial charge in [0.05, 0.1) is 0 Å². The summed E-state index contributed by atoms with van der Waals surface area (Å²) in [5.74, 6) is 0. The van der Waals surface area contributed by atoms with Gasteiger partial charge >= 0.3 is 0 Å². The molecule has 4 heteroatoms. The van der Waals surface area contributed by atoms with Crippen LogP contribution in [0.3, 0.4) is 0 Å². The van der Waals surface area contributed by atoms with Gasteiger partial charge in [-0.3, -0.25) is 0 Å². The van der Waals surface area contributed by atoms with Gasteiger partial charge in [-0.1, -0.05) is 0 Å². The van der Waals surface area contributed by atoms with Crippen LogP contribution in [0.1, 0.15) is 20.3 Å². The number of nitrogens with one attached hydrogen (secondary N) is 1. The van der Waals surface area contributed by atoms with Gasteiger partial charge in [0.15, 0.2) is 0 Å². The predicted octanol–water partition coefficient (Wildman–Crippen LogP) is 3.63. The average molecular weight is 409 g/mol. The van der Waals surface area contributed by atoms with Gasteiger partial charge < -0.3 is 10.2 Å². The Hall–Kier alpha value is 0.190. The number of hydrogen-bond donors (Lipinski definition) is 1. The molecular formula is C13H18BrIN2. The molecule has 1 aromatic rings. The highest BCUT2D eigenvalue weighted by molar-refractivity contribution is 14.1. The summed E-state index contributed by atoms with van der Waals surface area (Å²) in [5, 5.41) is 3.59. The third kappa shape index (κ3) is 3.58. The Morgan fingerprint density at radius 3 is 2.88 bits per heavy atom. The van der Waals surface area contributed by atoms with Gasteiger partial charge in [0.2, 0.25) is 0 Å². The van der Waals surface area contributed by atoms with Gasteiger partial charge in [-0.2, -0.15) is 0 Å². The summed E-state index contributed by atoms with van der Waals surface area (Å²) in [5.41, 5.74) is 1.50. The molecule has 17 heavy (non-hydrogen) atoms. The lowest BCUT2D eigenvalue weighted by Crippen LogP contribution is -2.46. The zero-order valence-corrected chi connectivity index (χ0v) is 14.0. The highest BCUT2D eigenvalue weighted by Crippen LogP contribution is 2.27. The van der Waals surface area contributed by atoms with Crippen LogP contribution in [0.15, 0.2) is 22.7 Å². The highest BCUT2D eigenvalue weighted by atomic mass is 127. The van der Waals surface area contributed by atoms with E-state index in [0.717, 1.165) is 19.6 Å². The first kappa shape index (κ1) is 13.6. The number of rotatable bonds is 1. The fraction of sp³-hybridized carbons (Fsp3) is 0.538. The molecule has 0 amide bonds. The van der Waals surface area contributed by atoms with Gasteiger partial charge in [-0.05, 0) is 83.5 Å². The first-order valence-electron chi connectivity index (χ1n) is 5.93. The van der Waals surface area contributed by atoms with Gasteiger partial charge in [0.1, 0.15) is 0 Å². The molecule has 2 rings (SSSR count). The molecule has 1 saturated heterocycles. The Kier molecular flexibility index (Phi) is 4.36. The Morgan fingerprint density at radius 1 is 1.41 bits per heavy atom. The Labute approximate surface area is 125 Å². The molecule has 94 valence electrons. The van der Waals surface area contributed by atoms with Crippen LogP contribution in [0.2, 0.25) is 0 Å². The van der Waals surface area contributed by atoms with Crippen LogP contribution in [-0.4, -0.2) is 25.2 Å². The lowest BCUT2D eigenvalue weighted by molar-refractivity contribution is 0.416. The van der Waals surface area contributed by atoms with Crippen molar-refractivity contribution in [3.63, 3.8) is 0 Å². The first-order valence-corrected chi connectivity index (χ1v) is 7.80. The normalized spacial score (nSPS) is 20.1. The fourth-order valence-corrected chi connectivity index (χ4v) is 2.91. The van der Waals surface area contributed by atoms with Crippen LogP contribution in [0.4, 0.5) is 5.69 Å². The second kappa shape index (κ2) is 5.45. The molecule has 0 aliphatic carbocycles. The van der Waals surface area contributed by atoms with Crippen LogP contribution in [-0.2, 0) is 0 Å². The Balaban J connectivity index is 2.22. The second-order valence-corrected chi connectivity index (χ2v) is 7.20. The molecule has 0 saturated carbocycles.